The number of aromatic nitrogens is 5. The molecular weight excluding hydrogens is 470 g/mol. The van der Waals surface area contributed by atoms with Crippen LogP contribution in [0.3, 0.4) is 0 Å². The lowest BCUT2D eigenvalue weighted by atomic mass is 10.0. The highest BCUT2D eigenvalue weighted by molar-refractivity contribution is 5.92. The quantitative estimate of drug-likeness (QED) is 0.401. The second-order valence-electron chi connectivity index (χ2n) is 10.1. The third-order valence-corrected chi connectivity index (χ3v) is 6.07. The summed E-state index contributed by atoms with van der Waals surface area (Å²) >= 11 is 0. The summed E-state index contributed by atoms with van der Waals surface area (Å²) in [5.41, 5.74) is 4.80. The minimum absolute atomic E-state index is 0.211. The molecule has 0 saturated carbocycles. The van der Waals surface area contributed by atoms with Gasteiger partial charge in [-0.25, -0.2) is 14.5 Å². The van der Waals surface area contributed by atoms with E-state index in [1.807, 2.05) is 58.9 Å². The van der Waals surface area contributed by atoms with E-state index in [-0.39, 0.29) is 18.1 Å². The molecule has 0 aliphatic heterocycles. The zero-order valence-electron chi connectivity index (χ0n) is 21.9. The summed E-state index contributed by atoms with van der Waals surface area (Å²) in [5, 5.41) is 21.7. The molecule has 0 saturated heterocycles. The summed E-state index contributed by atoms with van der Waals surface area (Å²) in [6.07, 6.45) is 0.542. The van der Waals surface area contributed by atoms with Crippen LogP contribution >= 0.6 is 0 Å². The number of nitrogens with one attached hydrogen (secondary N) is 1. The molecule has 10 nitrogen and oxygen atoms in total. The molecular formula is C27H31N7O3. The molecule has 2 amide bonds. The van der Waals surface area contributed by atoms with Crippen LogP contribution in [-0.4, -0.2) is 47.6 Å². The molecule has 192 valence electrons. The van der Waals surface area contributed by atoms with Gasteiger partial charge in [-0.05, 0) is 82.5 Å². The summed E-state index contributed by atoms with van der Waals surface area (Å²) in [6, 6.07) is 11.8. The predicted octanol–water partition coefficient (Wildman–Crippen LogP) is 4.41. The van der Waals surface area contributed by atoms with Gasteiger partial charge in [-0.2, -0.15) is 0 Å². The molecule has 3 aromatic heterocycles. The minimum atomic E-state index is -1.07. The molecule has 10 heteroatoms. The van der Waals surface area contributed by atoms with Gasteiger partial charge in [0, 0.05) is 28.9 Å². The molecule has 0 atom stereocenters. The Kier molecular flexibility index (Phi) is 6.93. The van der Waals surface area contributed by atoms with Crippen LogP contribution in [-0.2, 0) is 13.1 Å². The Morgan fingerprint density at radius 3 is 2.49 bits per heavy atom. The number of fused-ring (bicyclic) bond motifs is 1. The van der Waals surface area contributed by atoms with Crippen molar-refractivity contribution in [2.75, 3.05) is 4.90 Å². The van der Waals surface area contributed by atoms with E-state index in [1.165, 1.54) is 4.90 Å². The number of aryl methyl sites for hydroxylation is 3. The highest BCUT2D eigenvalue weighted by atomic mass is 16.4. The Morgan fingerprint density at radius 2 is 1.81 bits per heavy atom. The van der Waals surface area contributed by atoms with Gasteiger partial charge in [-0.3, -0.25) is 14.7 Å². The first-order valence-corrected chi connectivity index (χ1v) is 12.0. The largest absolute Gasteiger partial charge is 0.465 e. The van der Waals surface area contributed by atoms with E-state index >= 15 is 0 Å². The number of hydrogen-bond acceptors (Lipinski definition) is 6. The van der Waals surface area contributed by atoms with Crippen molar-refractivity contribution in [2.45, 2.75) is 60.2 Å². The highest BCUT2D eigenvalue weighted by Gasteiger charge is 2.29. The molecule has 4 rings (SSSR count). The van der Waals surface area contributed by atoms with Crippen LogP contribution in [0.4, 0.5) is 10.6 Å². The number of carbonyl (C=O) groups excluding carboxylic acids is 1. The number of rotatable bonds is 6. The van der Waals surface area contributed by atoms with Gasteiger partial charge in [-0.15, -0.1) is 5.10 Å². The molecule has 37 heavy (non-hydrogen) atoms. The average Bonchev–Trinajstić information content (AvgIpc) is 3.26. The molecule has 0 aliphatic carbocycles. The Bertz CT molecular complexity index is 1460. The van der Waals surface area contributed by atoms with E-state index in [9.17, 15) is 14.7 Å². The summed E-state index contributed by atoms with van der Waals surface area (Å²) in [5.74, 6) is 0.00166. The van der Waals surface area contributed by atoms with Crippen LogP contribution in [0.1, 0.15) is 59.3 Å². The van der Waals surface area contributed by atoms with E-state index in [0.717, 1.165) is 33.3 Å². The van der Waals surface area contributed by atoms with Crippen molar-refractivity contribution in [1.29, 1.82) is 0 Å². The fourth-order valence-corrected chi connectivity index (χ4v) is 4.25. The van der Waals surface area contributed by atoms with Gasteiger partial charge in [0.15, 0.2) is 5.69 Å². The number of pyridine rings is 2. The van der Waals surface area contributed by atoms with Gasteiger partial charge >= 0.3 is 6.09 Å². The Hall–Kier alpha value is -4.34. The van der Waals surface area contributed by atoms with E-state index < -0.39 is 11.6 Å². The summed E-state index contributed by atoms with van der Waals surface area (Å²) < 4.78 is 1.62. The van der Waals surface area contributed by atoms with Crippen molar-refractivity contribution in [3.8, 4) is 0 Å². The maximum absolute atomic E-state index is 12.8. The number of carbonyl (C=O) groups is 2. The van der Waals surface area contributed by atoms with Gasteiger partial charge in [0.1, 0.15) is 5.82 Å². The van der Waals surface area contributed by atoms with Crippen molar-refractivity contribution in [3.05, 3.63) is 76.4 Å². The van der Waals surface area contributed by atoms with Crippen LogP contribution in [0.25, 0.3) is 10.9 Å². The first-order chi connectivity index (χ1) is 17.4. The van der Waals surface area contributed by atoms with E-state index in [0.29, 0.717) is 18.1 Å². The van der Waals surface area contributed by atoms with Gasteiger partial charge < -0.3 is 10.4 Å². The molecule has 0 radical (unpaired) electrons. The number of amides is 2. The number of benzene rings is 1. The van der Waals surface area contributed by atoms with Crippen molar-refractivity contribution in [1.82, 2.24) is 30.3 Å². The minimum Gasteiger partial charge on any atom is -0.465 e. The lowest BCUT2D eigenvalue weighted by Gasteiger charge is -2.32. The predicted molar refractivity (Wildman–Crippen MR) is 141 cm³/mol. The zero-order chi connectivity index (χ0) is 26.9. The summed E-state index contributed by atoms with van der Waals surface area (Å²) in [4.78, 5) is 34.9. The topological polar surface area (TPSA) is 126 Å². The molecule has 0 bridgehead atoms. The van der Waals surface area contributed by atoms with E-state index in [1.54, 1.807) is 23.9 Å². The monoisotopic (exact) mass is 501 g/mol. The van der Waals surface area contributed by atoms with Crippen LogP contribution < -0.4 is 10.2 Å². The Morgan fingerprint density at radius 1 is 1.05 bits per heavy atom. The maximum Gasteiger partial charge on any atom is 0.413 e. The van der Waals surface area contributed by atoms with Crippen LogP contribution in [0.15, 0.2) is 42.6 Å². The van der Waals surface area contributed by atoms with Gasteiger partial charge in [-0.1, -0.05) is 17.3 Å². The first kappa shape index (κ1) is 25.7. The standard InChI is InChI=1S/C27H31N7O3/c1-16-11-24(34(26(36)37)27(4,5)6)30-18(3)21(16)13-28-25(35)23-15-33(32-31-23)14-19-8-10-22-20(12-19)9-7-17(2)29-22/h7-12,15H,13-14H2,1-6H3,(H,28,35)(H,36,37). The van der Waals surface area contributed by atoms with Gasteiger partial charge in [0.05, 0.1) is 18.3 Å². The number of carboxylic acid groups (broad SMARTS) is 1. The average molecular weight is 502 g/mol. The number of hydrogen-bond donors (Lipinski definition) is 2. The third kappa shape index (κ3) is 5.74. The highest BCUT2D eigenvalue weighted by Crippen LogP contribution is 2.26. The SMILES string of the molecule is Cc1ccc2cc(Cn3cc(C(=O)NCc4c(C)cc(N(C(=O)O)C(C)(C)C)nc4C)nn3)ccc2n1. The maximum atomic E-state index is 12.8. The van der Waals surface area contributed by atoms with Crippen molar-refractivity contribution in [2.24, 2.45) is 0 Å². The molecule has 2 N–H and O–H groups in total. The van der Waals surface area contributed by atoms with Crippen molar-refractivity contribution >= 4 is 28.7 Å². The third-order valence-electron chi connectivity index (χ3n) is 6.07. The Balaban J connectivity index is 1.44. The van der Waals surface area contributed by atoms with Gasteiger partial charge in [0.25, 0.3) is 5.91 Å². The number of anilines is 1. The van der Waals surface area contributed by atoms with Crippen LogP contribution in [0, 0.1) is 20.8 Å². The Labute approximate surface area is 215 Å². The molecule has 0 fully saturated rings. The molecule has 1 aromatic carbocycles. The van der Waals surface area contributed by atoms with E-state index in [2.05, 4.69) is 31.7 Å². The lowest BCUT2D eigenvalue weighted by molar-refractivity contribution is 0.0945. The number of nitrogens with zero attached hydrogens (tertiary/aromatic N) is 6. The second-order valence-corrected chi connectivity index (χ2v) is 10.1. The lowest BCUT2D eigenvalue weighted by Crippen LogP contribution is -2.45. The van der Waals surface area contributed by atoms with E-state index in [4.69, 9.17) is 0 Å². The second kappa shape index (κ2) is 9.96. The summed E-state index contributed by atoms with van der Waals surface area (Å²) in [7, 11) is 0. The van der Waals surface area contributed by atoms with Crippen molar-refractivity contribution < 1.29 is 14.7 Å². The molecule has 3 heterocycles. The first-order valence-electron chi connectivity index (χ1n) is 12.0. The smallest absolute Gasteiger partial charge is 0.413 e. The molecule has 4 aromatic rings. The summed E-state index contributed by atoms with van der Waals surface area (Å²) in [6.45, 7) is 11.8. The van der Waals surface area contributed by atoms with Gasteiger partial charge in [0.2, 0.25) is 0 Å². The van der Waals surface area contributed by atoms with Crippen molar-refractivity contribution in [3.63, 3.8) is 0 Å². The normalized spacial score (nSPS) is 11.5. The van der Waals surface area contributed by atoms with Crippen LogP contribution in [0.2, 0.25) is 0 Å². The molecule has 0 aliphatic rings. The van der Waals surface area contributed by atoms with Crippen LogP contribution in [0.5, 0.6) is 0 Å². The zero-order valence-corrected chi connectivity index (χ0v) is 21.9. The molecule has 0 unspecified atom stereocenters. The fourth-order valence-electron chi connectivity index (χ4n) is 4.25. The molecule has 0 spiro atoms. The fraction of sp³-hybridized carbons (Fsp3) is 0.333.